The van der Waals surface area contributed by atoms with Crippen molar-refractivity contribution in [2.45, 2.75) is 32.1 Å². The highest BCUT2D eigenvalue weighted by Gasteiger charge is 2.27. The molecule has 0 unspecified atom stereocenters. The molecule has 3 heteroatoms. The predicted octanol–water partition coefficient (Wildman–Crippen LogP) is 6.11. The summed E-state index contributed by atoms with van der Waals surface area (Å²) in [6, 6.07) is 12.5. The van der Waals surface area contributed by atoms with E-state index in [1.807, 2.05) is 12.1 Å². The van der Waals surface area contributed by atoms with E-state index in [0.29, 0.717) is 21.9 Å². The summed E-state index contributed by atoms with van der Waals surface area (Å²) in [4.78, 5) is 0. The monoisotopic (exact) mass is 334 g/mol. The lowest BCUT2D eigenvalue weighted by Crippen LogP contribution is -2.19. The van der Waals surface area contributed by atoms with Gasteiger partial charge in [-0.15, -0.1) is 0 Å². The minimum atomic E-state index is 0.384. The van der Waals surface area contributed by atoms with Crippen molar-refractivity contribution < 1.29 is 4.74 Å². The van der Waals surface area contributed by atoms with Gasteiger partial charge in [-0.2, -0.15) is 0 Å². The molecule has 0 aromatic heterocycles. The summed E-state index contributed by atoms with van der Waals surface area (Å²) in [6.07, 6.45) is 3.48. The van der Waals surface area contributed by atoms with Crippen LogP contribution in [-0.2, 0) is 6.42 Å². The molecule has 1 nitrogen and oxygen atoms in total. The van der Waals surface area contributed by atoms with Gasteiger partial charge in [0.1, 0.15) is 5.75 Å². The van der Waals surface area contributed by atoms with Crippen molar-refractivity contribution in [1.82, 2.24) is 0 Å². The maximum absolute atomic E-state index is 6.23. The molecule has 2 atom stereocenters. The topological polar surface area (TPSA) is 9.23 Å². The molecule has 3 rings (SSSR count). The van der Waals surface area contributed by atoms with E-state index in [1.165, 1.54) is 23.1 Å². The molecule has 0 bridgehead atoms. The van der Waals surface area contributed by atoms with E-state index >= 15 is 0 Å². The summed E-state index contributed by atoms with van der Waals surface area (Å²) in [5.74, 6) is 2.01. The first-order valence-corrected chi connectivity index (χ1v) is 8.49. The Bertz CT molecular complexity index is 681. The van der Waals surface area contributed by atoms with Crippen LogP contribution in [0.3, 0.4) is 0 Å². The third-order valence-electron chi connectivity index (χ3n) is 4.73. The van der Waals surface area contributed by atoms with Crippen LogP contribution in [0.5, 0.6) is 5.75 Å². The normalized spacial score (nSPS) is 20.5. The number of halogens is 2. The molecule has 1 aliphatic rings. The standard InChI is InChI=1S/C19H20Cl2O/c1-3-12-8-14-10-15(22-2)5-6-16(14)17(9-12)13-4-7-18(20)19(21)11-13/h4-7,10-12,17H,3,8-9H2,1-2H3/t12-,17-/m0/s1. The van der Waals surface area contributed by atoms with Gasteiger partial charge in [-0.3, -0.25) is 0 Å². The first-order valence-electron chi connectivity index (χ1n) is 7.74. The zero-order chi connectivity index (χ0) is 15.7. The molecule has 1 aliphatic carbocycles. The average molecular weight is 335 g/mol. The van der Waals surface area contributed by atoms with Crippen molar-refractivity contribution in [1.29, 1.82) is 0 Å². The van der Waals surface area contributed by atoms with Crippen molar-refractivity contribution in [2.75, 3.05) is 7.11 Å². The van der Waals surface area contributed by atoms with Gasteiger partial charge >= 0.3 is 0 Å². The fraction of sp³-hybridized carbons (Fsp3) is 0.368. The second-order valence-electron chi connectivity index (χ2n) is 6.00. The molecule has 0 saturated heterocycles. The lowest BCUT2D eigenvalue weighted by Gasteiger charge is -2.32. The van der Waals surface area contributed by atoms with Crippen LogP contribution in [-0.4, -0.2) is 7.11 Å². The Morgan fingerprint density at radius 1 is 1.09 bits per heavy atom. The molecular weight excluding hydrogens is 315 g/mol. The Kier molecular flexibility index (Phi) is 4.65. The Morgan fingerprint density at radius 2 is 1.91 bits per heavy atom. The number of fused-ring (bicyclic) bond motifs is 1. The Labute approximate surface area is 142 Å². The fourth-order valence-corrected chi connectivity index (χ4v) is 3.74. The van der Waals surface area contributed by atoms with Crippen molar-refractivity contribution in [2.24, 2.45) is 5.92 Å². The van der Waals surface area contributed by atoms with E-state index < -0.39 is 0 Å². The molecule has 0 fully saturated rings. The summed E-state index contributed by atoms with van der Waals surface area (Å²) in [6.45, 7) is 2.27. The zero-order valence-electron chi connectivity index (χ0n) is 12.9. The van der Waals surface area contributed by atoms with Crippen LogP contribution >= 0.6 is 23.2 Å². The number of rotatable bonds is 3. The molecule has 2 aromatic rings. The van der Waals surface area contributed by atoms with E-state index in [-0.39, 0.29) is 0 Å². The molecule has 0 aliphatic heterocycles. The Balaban J connectivity index is 2.05. The van der Waals surface area contributed by atoms with Gasteiger partial charge in [0.15, 0.2) is 0 Å². The van der Waals surface area contributed by atoms with Gasteiger partial charge in [0, 0.05) is 5.92 Å². The van der Waals surface area contributed by atoms with Crippen LogP contribution in [0.15, 0.2) is 36.4 Å². The maximum Gasteiger partial charge on any atom is 0.119 e. The lowest BCUT2D eigenvalue weighted by molar-refractivity contribution is 0.401. The van der Waals surface area contributed by atoms with Crippen molar-refractivity contribution >= 4 is 23.2 Å². The summed E-state index contributed by atoms with van der Waals surface area (Å²) in [7, 11) is 1.72. The van der Waals surface area contributed by atoms with Crippen LogP contribution < -0.4 is 4.74 Å². The maximum atomic E-state index is 6.23. The van der Waals surface area contributed by atoms with Gasteiger partial charge in [-0.05, 0) is 59.7 Å². The molecular formula is C19H20Cl2O. The van der Waals surface area contributed by atoms with Crippen LogP contribution in [0.1, 0.15) is 42.4 Å². The van der Waals surface area contributed by atoms with E-state index in [9.17, 15) is 0 Å². The molecule has 0 saturated carbocycles. The molecule has 0 amide bonds. The van der Waals surface area contributed by atoms with Gasteiger partial charge in [0.2, 0.25) is 0 Å². The molecule has 0 heterocycles. The smallest absolute Gasteiger partial charge is 0.119 e. The highest BCUT2D eigenvalue weighted by atomic mass is 35.5. The number of benzene rings is 2. The third-order valence-corrected chi connectivity index (χ3v) is 5.47. The van der Waals surface area contributed by atoms with Crippen LogP contribution in [0.25, 0.3) is 0 Å². The summed E-state index contributed by atoms with van der Waals surface area (Å²) < 4.78 is 5.39. The van der Waals surface area contributed by atoms with Gasteiger partial charge in [-0.25, -0.2) is 0 Å². The van der Waals surface area contributed by atoms with Crippen molar-refractivity contribution in [3.63, 3.8) is 0 Å². The third kappa shape index (κ3) is 2.98. The number of hydrogen-bond donors (Lipinski definition) is 0. The molecule has 22 heavy (non-hydrogen) atoms. The second-order valence-corrected chi connectivity index (χ2v) is 6.82. The van der Waals surface area contributed by atoms with Gasteiger partial charge in [0.05, 0.1) is 17.2 Å². The quantitative estimate of drug-likeness (QED) is 0.658. The molecule has 116 valence electrons. The molecule has 0 spiro atoms. The Hall–Kier alpha value is -1.18. The number of methoxy groups -OCH3 is 1. The SMILES string of the molecule is CC[C@H]1Cc2cc(OC)ccc2[C@H](c2ccc(Cl)c(Cl)c2)C1. The lowest BCUT2D eigenvalue weighted by atomic mass is 9.73. The zero-order valence-corrected chi connectivity index (χ0v) is 14.4. The van der Waals surface area contributed by atoms with E-state index in [4.69, 9.17) is 27.9 Å². The highest BCUT2D eigenvalue weighted by Crippen LogP contribution is 2.42. The number of ether oxygens (including phenoxy) is 1. The highest BCUT2D eigenvalue weighted by molar-refractivity contribution is 6.42. The van der Waals surface area contributed by atoms with Crippen molar-refractivity contribution in [3.05, 3.63) is 63.1 Å². The first-order chi connectivity index (χ1) is 10.6. The summed E-state index contributed by atoms with van der Waals surface area (Å²) in [5.41, 5.74) is 4.04. The average Bonchev–Trinajstić information content (AvgIpc) is 2.55. The Morgan fingerprint density at radius 3 is 2.59 bits per heavy atom. The molecule has 0 N–H and O–H groups in total. The largest absolute Gasteiger partial charge is 0.497 e. The summed E-state index contributed by atoms with van der Waals surface area (Å²) in [5, 5.41) is 1.25. The number of hydrogen-bond acceptors (Lipinski definition) is 1. The van der Waals surface area contributed by atoms with Crippen LogP contribution in [0, 0.1) is 5.92 Å². The van der Waals surface area contributed by atoms with Crippen LogP contribution in [0.4, 0.5) is 0 Å². The minimum absolute atomic E-state index is 0.384. The summed E-state index contributed by atoms with van der Waals surface area (Å²) >= 11 is 12.3. The predicted molar refractivity (Wildman–Crippen MR) is 93.4 cm³/mol. The second kappa shape index (κ2) is 6.52. The van der Waals surface area contributed by atoms with E-state index in [1.54, 1.807) is 7.11 Å². The van der Waals surface area contributed by atoms with E-state index in [2.05, 4.69) is 31.2 Å². The first kappa shape index (κ1) is 15.7. The van der Waals surface area contributed by atoms with Crippen molar-refractivity contribution in [3.8, 4) is 5.75 Å². The fourth-order valence-electron chi connectivity index (χ4n) is 3.44. The molecule has 0 radical (unpaired) electrons. The van der Waals surface area contributed by atoms with Gasteiger partial charge < -0.3 is 4.74 Å². The van der Waals surface area contributed by atoms with Gasteiger partial charge in [-0.1, -0.05) is 48.7 Å². The molecule has 2 aromatic carbocycles. The minimum Gasteiger partial charge on any atom is -0.497 e. The van der Waals surface area contributed by atoms with E-state index in [0.717, 1.165) is 18.6 Å². The van der Waals surface area contributed by atoms with Gasteiger partial charge in [0.25, 0.3) is 0 Å². The van der Waals surface area contributed by atoms with Crippen LogP contribution in [0.2, 0.25) is 10.0 Å².